The summed E-state index contributed by atoms with van der Waals surface area (Å²) in [5.74, 6) is -1.04. The van der Waals surface area contributed by atoms with Gasteiger partial charge in [-0.15, -0.1) is 0 Å². The lowest BCUT2D eigenvalue weighted by molar-refractivity contribution is 0.0689. The average molecular weight is 444 g/mol. The molecule has 4 rings (SSSR count). The number of fused-ring (bicyclic) bond motifs is 1. The van der Waals surface area contributed by atoms with Gasteiger partial charge in [-0.2, -0.15) is 0 Å². The van der Waals surface area contributed by atoms with Crippen molar-refractivity contribution in [2.45, 2.75) is 12.5 Å². The van der Waals surface area contributed by atoms with Gasteiger partial charge in [0.2, 0.25) is 0 Å². The van der Waals surface area contributed by atoms with Gasteiger partial charge in [-0.3, -0.25) is 4.79 Å². The van der Waals surface area contributed by atoms with Crippen LogP contribution in [0, 0.1) is 11.6 Å². The van der Waals surface area contributed by atoms with Crippen LogP contribution in [0.3, 0.4) is 0 Å². The van der Waals surface area contributed by atoms with E-state index in [9.17, 15) is 13.6 Å². The number of carbonyl (C=O) groups is 1. The highest BCUT2D eigenvalue weighted by Gasteiger charge is 2.34. The second-order valence-corrected chi connectivity index (χ2v) is 7.67. The minimum atomic E-state index is -0.895. The predicted octanol–water partition coefficient (Wildman–Crippen LogP) is 5.42. The number of halogens is 3. The Labute approximate surface area is 184 Å². The quantitative estimate of drug-likeness (QED) is 0.540. The van der Waals surface area contributed by atoms with Gasteiger partial charge in [0.25, 0.3) is 5.91 Å². The molecule has 3 aromatic rings. The number of hydrogen-bond donors (Lipinski definition) is 0. The molecule has 7 heteroatoms. The molecule has 0 spiro atoms. The number of rotatable bonds is 4. The molecule has 0 N–H and O–H groups in total. The van der Waals surface area contributed by atoms with Crippen LogP contribution in [-0.4, -0.2) is 31.6 Å². The Hall–Kier alpha value is -3.12. The van der Waals surface area contributed by atoms with Crippen molar-refractivity contribution in [3.8, 4) is 11.5 Å². The van der Waals surface area contributed by atoms with Crippen molar-refractivity contribution >= 4 is 17.5 Å². The molecule has 0 fully saturated rings. The van der Waals surface area contributed by atoms with E-state index in [-0.39, 0.29) is 5.56 Å². The molecule has 1 aliphatic heterocycles. The first kappa shape index (κ1) is 21.1. The molecular weight excluding hydrogens is 424 g/mol. The summed E-state index contributed by atoms with van der Waals surface area (Å²) in [5.41, 5.74) is 2.42. The lowest BCUT2D eigenvalue weighted by Crippen LogP contribution is -2.41. The van der Waals surface area contributed by atoms with E-state index < -0.39 is 23.6 Å². The van der Waals surface area contributed by atoms with Crippen molar-refractivity contribution in [2.75, 3.05) is 20.8 Å². The summed E-state index contributed by atoms with van der Waals surface area (Å²) < 4.78 is 38.7. The normalized spacial score (nSPS) is 15.4. The molecule has 4 nitrogen and oxygen atoms in total. The molecule has 0 unspecified atom stereocenters. The summed E-state index contributed by atoms with van der Waals surface area (Å²) in [6.07, 6.45) is 0.543. The van der Waals surface area contributed by atoms with Crippen LogP contribution in [0.4, 0.5) is 8.78 Å². The van der Waals surface area contributed by atoms with Gasteiger partial charge >= 0.3 is 0 Å². The molecule has 1 heterocycles. The first-order chi connectivity index (χ1) is 14.9. The third kappa shape index (κ3) is 3.95. The summed E-state index contributed by atoms with van der Waals surface area (Å²) >= 11 is 6.23. The monoisotopic (exact) mass is 443 g/mol. The van der Waals surface area contributed by atoms with E-state index in [1.54, 1.807) is 30.2 Å². The lowest BCUT2D eigenvalue weighted by Gasteiger charge is -2.38. The molecule has 1 atom stereocenters. The van der Waals surface area contributed by atoms with Crippen LogP contribution in [0.15, 0.2) is 54.6 Å². The van der Waals surface area contributed by atoms with Gasteiger partial charge in [-0.1, -0.05) is 23.7 Å². The van der Waals surface area contributed by atoms with E-state index in [4.69, 9.17) is 21.1 Å². The number of benzene rings is 3. The van der Waals surface area contributed by atoms with Crippen LogP contribution >= 0.6 is 11.6 Å². The van der Waals surface area contributed by atoms with Crippen molar-refractivity contribution < 1.29 is 23.0 Å². The maximum Gasteiger partial charge on any atom is 0.257 e. The predicted molar refractivity (Wildman–Crippen MR) is 114 cm³/mol. The number of ether oxygens (including phenoxy) is 2. The first-order valence-corrected chi connectivity index (χ1v) is 10.1. The smallest absolute Gasteiger partial charge is 0.257 e. The van der Waals surface area contributed by atoms with Crippen molar-refractivity contribution in [3.05, 3.63) is 93.5 Å². The van der Waals surface area contributed by atoms with Crippen LogP contribution in [0.5, 0.6) is 11.5 Å². The van der Waals surface area contributed by atoms with E-state index in [0.717, 1.165) is 22.8 Å². The van der Waals surface area contributed by atoms with Crippen LogP contribution in [0.2, 0.25) is 5.02 Å². The summed E-state index contributed by atoms with van der Waals surface area (Å²) in [4.78, 5) is 14.9. The molecule has 160 valence electrons. The molecule has 0 radical (unpaired) electrons. The fourth-order valence-electron chi connectivity index (χ4n) is 4.02. The molecule has 31 heavy (non-hydrogen) atoms. The second-order valence-electron chi connectivity index (χ2n) is 7.24. The highest BCUT2D eigenvalue weighted by molar-refractivity contribution is 6.30. The van der Waals surface area contributed by atoms with Gasteiger partial charge < -0.3 is 14.4 Å². The minimum Gasteiger partial charge on any atom is -0.493 e. The van der Waals surface area contributed by atoms with E-state index in [0.29, 0.717) is 35.6 Å². The molecule has 1 aliphatic rings. The second kappa shape index (κ2) is 8.55. The maximum atomic E-state index is 14.4. The van der Waals surface area contributed by atoms with Gasteiger partial charge in [0, 0.05) is 17.6 Å². The van der Waals surface area contributed by atoms with Crippen molar-refractivity contribution in [2.24, 2.45) is 0 Å². The summed E-state index contributed by atoms with van der Waals surface area (Å²) in [6, 6.07) is 13.4. The standard InChI is InChI=1S/C24H20ClF2NO3/c1-30-21-11-14-8-9-28(24(29)18-7-6-17(26)12-20(18)27)23(19(14)13-22(21)31-2)15-4-3-5-16(25)10-15/h3-7,10-13,23H,8-9H2,1-2H3/t23-/m1/s1. The van der Waals surface area contributed by atoms with Crippen LogP contribution < -0.4 is 9.47 Å². The lowest BCUT2D eigenvalue weighted by atomic mass is 9.87. The molecule has 0 bridgehead atoms. The van der Waals surface area contributed by atoms with Crippen molar-refractivity contribution in [1.82, 2.24) is 4.90 Å². The van der Waals surface area contributed by atoms with E-state index in [1.165, 1.54) is 13.2 Å². The zero-order valence-corrected chi connectivity index (χ0v) is 17.7. The fourth-order valence-corrected chi connectivity index (χ4v) is 4.22. The number of nitrogens with zero attached hydrogens (tertiary/aromatic N) is 1. The van der Waals surface area contributed by atoms with E-state index >= 15 is 0 Å². The molecule has 0 aliphatic carbocycles. The molecule has 3 aromatic carbocycles. The van der Waals surface area contributed by atoms with Crippen LogP contribution in [0.1, 0.15) is 33.1 Å². The van der Waals surface area contributed by atoms with Gasteiger partial charge in [-0.05, 0) is 59.5 Å². The molecule has 0 aromatic heterocycles. The fraction of sp³-hybridized carbons (Fsp3) is 0.208. The average Bonchev–Trinajstić information content (AvgIpc) is 2.76. The number of hydrogen-bond acceptors (Lipinski definition) is 3. The van der Waals surface area contributed by atoms with E-state index in [1.807, 2.05) is 18.2 Å². The summed E-state index contributed by atoms with van der Waals surface area (Å²) in [7, 11) is 3.10. The Morgan fingerprint density at radius 2 is 1.77 bits per heavy atom. The maximum absolute atomic E-state index is 14.4. The Morgan fingerprint density at radius 3 is 2.45 bits per heavy atom. The summed E-state index contributed by atoms with van der Waals surface area (Å²) in [5, 5.41) is 0.519. The zero-order chi connectivity index (χ0) is 22.1. The Balaban J connectivity index is 1.87. The Morgan fingerprint density at radius 1 is 1.03 bits per heavy atom. The number of carbonyl (C=O) groups excluding carboxylic acids is 1. The number of methoxy groups -OCH3 is 2. The van der Waals surface area contributed by atoms with Crippen LogP contribution in [-0.2, 0) is 6.42 Å². The topological polar surface area (TPSA) is 38.8 Å². The molecule has 0 saturated carbocycles. The van der Waals surface area contributed by atoms with E-state index in [2.05, 4.69) is 0 Å². The molecular formula is C24H20ClF2NO3. The third-order valence-corrected chi connectivity index (χ3v) is 5.70. The van der Waals surface area contributed by atoms with Crippen LogP contribution in [0.25, 0.3) is 0 Å². The first-order valence-electron chi connectivity index (χ1n) is 9.69. The van der Waals surface area contributed by atoms with Gasteiger partial charge in [0.15, 0.2) is 11.5 Å². The van der Waals surface area contributed by atoms with Crippen molar-refractivity contribution in [3.63, 3.8) is 0 Å². The van der Waals surface area contributed by atoms with Gasteiger partial charge in [0.1, 0.15) is 11.6 Å². The molecule has 1 amide bonds. The highest BCUT2D eigenvalue weighted by atomic mass is 35.5. The Kier molecular flexibility index (Phi) is 5.83. The molecule has 0 saturated heterocycles. The zero-order valence-electron chi connectivity index (χ0n) is 17.0. The SMILES string of the molecule is COc1cc2c(cc1OC)[C@@H](c1cccc(Cl)c1)N(C(=O)c1ccc(F)cc1F)CC2. The Bertz CT molecular complexity index is 1150. The highest BCUT2D eigenvalue weighted by Crippen LogP contribution is 2.42. The van der Waals surface area contributed by atoms with Gasteiger partial charge in [0.05, 0.1) is 25.8 Å². The third-order valence-electron chi connectivity index (χ3n) is 5.46. The number of amides is 1. The van der Waals surface area contributed by atoms with Gasteiger partial charge in [-0.25, -0.2) is 8.78 Å². The minimum absolute atomic E-state index is 0.183. The largest absolute Gasteiger partial charge is 0.493 e. The van der Waals surface area contributed by atoms with Crippen molar-refractivity contribution in [1.29, 1.82) is 0 Å². The summed E-state index contributed by atoms with van der Waals surface area (Å²) in [6.45, 7) is 0.343.